The Labute approximate surface area is 113 Å². The highest BCUT2D eigenvalue weighted by Gasteiger charge is 2.14. The van der Waals surface area contributed by atoms with Crippen molar-refractivity contribution in [1.82, 2.24) is 14.5 Å². The van der Waals surface area contributed by atoms with Gasteiger partial charge in [-0.2, -0.15) is 0 Å². The van der Waals surface area contributed by atoms with Gasteiger partial charge in [-0.3, -0.25) is 4.79 Å². The Kier molecular flexibility index (Phi) is 2.67. The lowest BCUT2D eigenvalue weighted by atomic mass is 10.1. The third-order valence-electron chi connectivity index (χ3n) is 3.12. The topological polar surface area (TPSA) is 73.8 Å². The maximum Gasteiger partial charge on any atom is 0.250 e. The summed E-state index contributed by atoms with van der Waals surface area (Å²) >= 11 is 1.49. The van der Waals surface area contributed by atoms with Crippen molar-refractivity contribution in [2.75, 3.05) is 6.26 Å². The average molecular weight is 272 g/mol. The number of carbonyl (C=O) groups is 1. The first-order valence-electron chi connectivity index (χ1n) is 5.70. The second kappa shape index (κ2) is 4.24. The number of thioether (sulfide) groups is 1. The first-order chi connectivity index (χ1) is 9.11. The van der Waals surface area contributed by atoms with Gasteiger partial charge < -0.3 is 10.3 Å². The van der Waals surface area contributed by atoms with Crippen LogP contribution in [0.3, 0.4) is 0 Å². The second-order valence-electron chi connectivity index (χ2n) is 4.27. The lowest BCUT2D eigenvalue weighted by Gasteiger charge is -2.03. The Balaban J connectivity index is 2.48. The fraction of sp³-hybridized carbons (Fsp3) is 0.154. The Bertz CT molecular complexity index is 809. The van der Waals surface area contributed by atoms with Gasteiger partial charge in [0.25, 0.3) is 5.91 Å². The summed E-state index contributed by atoms with van der Waals surface area (Å²) in [5, 5.41) is 2.48. The molecule has 0 saturated carbocycles. The smallest absolute Gasteiger partial charge is 0.250 e. The number of hydrogen-bond donors (Lipinski definition) is 1. The van der Waals surface area contributed by atoms with E-state index in [2.05, 4.69) is 9.97 Å². The molecule has 1 amide bonds. The maximum absolute atomic E-state index is 11.5. The van der Waals surface area contributed by atoms with Crippen LogP contribution in [0, 0.1) is 0 Å². The number of carbonyl (C=O) groups excluding carboxylic acids is 1. The van der Waals surface area contributed by atoms with Crippen LogP contribution < -0.4 is 5.73 Å². The van der Waals surface area contributed by atoms with E-state index in [9.17, 15) is 4.79 Å². The van der Waals surface area contributed by atoms with Crippen molar-refractivity contribution in [2.24, 2.45) is 12.8 Å². The van der Waals surface area contributed by atoms with Crippen molar-refractivity contribution in [3.63, 3.8) is 0 Å². The monoisotopic (exact) mass is 272 g/mol. The van der Waals surface area contributed by atoms with Crippen LogP contribution in [0.1, 0.15) is 10.4 Å². The molecule has 2 heterocycles. The van der Waals surface area contributed by atoms with Gasteiger partial charge in [-0.05, 0) is 6.26 Å². The molecule has 0 radical (unpaired) electrons. The summed E-state index contributed by atoms with van der Waals surface area (Å²) in [6.45, 7) is 0. The number of nitrogens with zero attached hydrogens (tertiary/aromatic N) is 3. The summed E-state index contributed by atoms with van der Waals surface area (Å²) in [5.74, 6) is -0.427. The van der Waals surface area contributed by atoms with E-state index in [0.717, 1.165) is 21.8 Å². The molecule has 5 nitrogen and oxygen atoms in total. The summed E-state index contributed by atoms with van der Waals surface area (Å²) in [7, 11) is 1.88. The molecule has 0 aliphatic heterocycles. The van der Waals surface area contributed by atoms with Gasteiger partial charge in [-0.15, -0.1) is 0 Å². The Morgan fingerprint density at radius 1 is 1.42 bits per heavy atom. The van der Waals surface area contributed by atoms with Gasteiger partial charge >= 0.3 is 0 Å². The summed E-state index contributed by atoms with van der Waals surface area (Å²) < 4.78 is 1.88. The van der Waals surface area contributed by atoms with Crippen molar-refractivity contribution in [3.8, 4) is 0 Å². The highest BCUT2D eigenvalue weighted by molar-refractivity contribution is 7.98. The Morgan fingerprint density at radius 3 is 2.89 bits per heavy atom. The minimum atomic E-state index is -0.427. The number of amides is 1. The summed E-state index contributed by atoms with van der Waals surface area (Å²) in [5.41, 5.74) is 7.67. The molecule has 2 aromatic heterocycles. The number of aryl methyl sites for hydroxylation is 1. The second-order valence-corrected chi connectivity index (χ2v) is 5.05. The van der Waals surface area contributed by atoms with Gasteiger partial charge in [-0.1, -0.05) is 23.9 Å². The van der Waals surface area contributed by atoms with Gasteiger partial charge in [-0.25, -0.2) is 9.97 Å². The molecule has 6 heteroatoms. The molecule has 0 bridgehead atoms. The molecule has 0 spiro atoms. The van der Waals surface area contributed by atoms with E-state index in [-0.39, 0.29) is 0 Å². The molecular formula is C13H12N4OS. The van der Waals surface area contributed by atoms with Crippen molar-refractivity contribution in [1.29, 1.82) is 0 Å². The van der Waals surface area contributed by atoms with E-state index < -0.39 is 5.91 Å². The van der Waals surface area contributed by atoms with Crippen LogP contribution >= 0.6 is 11.8 Å². The minimum Gasteiger partial charge on any atom is -0.366 e. The lowest BCUT2D eigenvalue weighted by Crippen LogP contribution is -2.10. The molecule has 0 atom stereocenters. The van der Waals surface area contributed by atoms with Crippen LogP contribution in [-0.2, 0) is 7.05 Å². The third kappa shape index (κ3) is 1.76. The number of rotatable bonds is 2. The van der Waals surface area contributed by atoms with Gasteiger partial charge in [0, 0.05) is 30.2 Å². The van der Waals surface area contributed by atoms with Crippen molar-refractivity contribution in [2.45, 2.75) is 5.16 Å². The zero-order valence-corrected chi connectivity index (χ0v) is 11.4. The van der Waals surface area contributed by atoms with E-state index in [1.807, 2.05) is 30.0 Å². The molecule has 3 rings (SSSR count). The number of fused-ring (bicyclic) bond motifs is 3. The number of hydrogen-bond acceptors (Lipinski definition) is 4. The highest BCUT2D eigenvalue weighted by Crippen LogP contribution is 2.28. The number of nitrogens with two attached hydrogens (primary N) is 1. The fourth-order valence-corrected chi connectivity index (χ4v) is 2.60. The van der Waals surface area contributed by atoms with Gasteiger partial charge in [0.05, 0.1) is 16.6 Å². The van der Waals surface area contributed by atoms with Gasteiger partial charge in [0.1, 0.15) is 0 Å². The van der Waals surface area contributed by atoms with Crippen LogP contribution in [0.15, 0.2) is 29.7 Å². The van der Waals surface area contributed by atoms with E-state index in [0.29, 0.717) is 10.7 Å². The van der Waals surface area contributed by atoms with Crippen molar-refractivity contribution in [3.05, 3.63) is 30.1 Å². The predicted octanol–water partition coefficient (Wildman–Crippen LogP) is 1.94. The van der Waals surface area contributed by atoms with E-state index in [4.69, 9.17) is 5.73 Å². The van der Waals surface area contributed by atoms with Crippen LogP contribution in [0.25, 0.3) is 21.8 Å². The largest absolute Gasteiger partial charge is 0.366 e. The van der Waals surface area contributed by atoms with E-state index in [1.54, 1.807) is 12.4 Å². The number of aromatic nitrogens is 3. The molecular weight excluding hydrogens is 260 g/mol. The summed E-state index contributed by atoms with van der Waals surface area (Å²) in [6, 6.07) is 3.80. The molecule has 19 heavy (non-hydrogen) atoms. The first-order valence-corrected chi connectivity index (χ1v) is 6.93. The highest BCUT2D eigenvalue weighted by atomic mass is 32.2. The summed E-state index contributed by atoms with van der Waals surface area (Å²) in [6.07, 6.45) is 5.47. The fourth-order valence-electron chi connectivity index (χ4n) is 2.26. The zero-order chi connectivity index (χ0) is 13.6. The van der Waals surface area contributed by atoms with Crippen molar-refractivity contribution >= 4 is 39.5 Å². The Hall–Kier alpha value is -2.08. The van der Waals surface area contributed by atoms with Crippen LogP contribution in [0.4, 0.5) is 0 Å². The van der Waals surface area contributed by atoms with Crippen LogP contribution in [0.2, 0.25) is 0 Å². The third-order valence-corrected chi connectivity index (χ3v) is 3.68. The number of benzene rings is 1. The molecule has 2 N–H and O–H groups in total. The average Bonchev–Trinajstić information content (AvgIpc) is 2.76. The molecule has 0 saturated heterocycles. The van der Waals surface area contributed by atoms with E-state index >= 15 is 0 Å². The minimum absolute atomic E-state index is 0.427. The molecule has 0 aliphatic carbocycles. The number of primary amides is 1. The van der Waals surface area contributed by atoms with Gasteiger partial charge in [0.15, 0.2) is 5.16 Å². The maximum atomic E-state index is 11.5. The zero-order valence-electron chi connectivity index (χ0n) is 10.5. The quantitative estimate of drug-likeness (QED) is 0.571. The first kappa shape index (κ1) is 12.0. The Morgan fingerprint density at radius 2 is 2.21 bits per heavy atom. The molecule has 3 aromatic rings. The van der Waals surface area contributed by atoms with E-state index in [1.165, 1.54) is 11.8 Å². The summed E-state index contributed by atoms with van der Waals surface area (Å²) in [4.78, 5) is 20.2. The molecule has 0 fully saturated rings. The molecule has 0 aliphatic rings. The lowest BCUT2D eigenvalue weighted by molar-refractivity contribution is 0.100. The van der Waals surface area contributed by atoms with Crippen molar-refractivity contribution < 1.29 is 4.79 Å². The standard InChI is InChI=1S/C13H12N4OS/c1-17-6-9(12(14)18)8-4-3-7-5-15-13(19-2)16-10(7)11(8)17/h3-6H,1-2H3,(H2,14,18). The normalized spacial score (nSPS) is 11.3. The van der Waals surface area contributed by atoms with Gasteiger partial charge in [0.2, 0.25) is 0 Å². The molecule has 1 aromatic carbocycles. The predicted molar refractivity (Wildman–Crippen MR) is 76.3 cm³/mol. The SMILES string of the molecule is CSc1ncc2ccc3c(C(N)=O)cn(C)c3c2n1. The molecule has 96 valence electrons. The molecule has 0 unspecified atom stereocenters. The van der Waals surface area contributed by atoms with Crippen LogP contribution in [-0.4, -0.2) is 26.7 Å². The van der Waals surface area contributed by atoms with Crippen LogP contribution in [0.5, 0.6) is 0 Å².